The molecule has 3 nitrogen and oxygen atoms in total. The van der Waals surface area contributed by atoms with Crippen LogP contribution in [0.3, 0.4) is 0 Å². The molecule has 0 spiro atoms. The fourth-order valence-electron chi connectivity index (χ4n) is 3.72. The van der Waals surface area contributed by atoms with Gasteiger partial charge < -0.3 is 14.3 Å². The summed E-state index contributed by atoms with van der Waals surface area (Å²) in [5.41, 5.74) is 2.31. The van der Waals surface area contributed by atoms with Gasteiger partial charge >= 0.3 is 6.72 Å². The van der Waals surface area contributed by atoms with Crippen molar-refractivity contribution in [3.05, 3.63) is 35.4 Å². The summed E-state index contributed by atoms with van der Waals surface area (Å²) in [6, 6.07) is 8.21. The first kappa shape index (κ1) is 24.8. The molecule has 1 aromatic rings. The van der Waals surface area contributed by atoms with E-state index in [9.17, 15) is 9.79 Å². The zero-order valence-electron chi connectivity index (χ0n) is 17.2. The molecule has 0 aliphatic heterocycles. The van der Waals surface area contributed by atoms with Gasteiger partial charge in [0.25, 0.3) is 0 Å². The van der Waals surface area contributed by atoms with E-state index in [0.717, 1.165) is 18.4 Å². The van der Waals surface area contributed by atoms with Crippen LogP contribution in [-0.4, -0.2) is 9.79 Å². The lowest BCUT2D eigenvalue weighted by Crippen LogP contribution is -2.04. The summed E-state index contributed by atoms with van der Waals surface area (Å²) in [7, 11) is 0. The van der Waals surface area contributed by atoms with Crippen molar-refractivity contribution in [1.29, 1.82) is 0 Å². The number of benzene rings is 1. The van der Waals surface area contributed by atoms with E-state index in [1.165, 1.54) is 69.8 Å². The molecule has 0 amide bonds. The number of rotatable bonds is 16. The maximum Gasteiger partial charge on any atom is 0.322 e. The SMILES string of the molecule is CCCCCCCCCCCC(CCC)c1ccccc1COP(O)(O)=S. The lowest BCUT2D eigenvalue weighted by molar-refractivity contribution is 0.241. The Morgan fingerprint density at radius 3 is 2.04 bits per heavy atom. The summed E-state index contributed by atoms with van der Waals surface area (Å²) in [5, 5.41) is 0. The predicted molar refractivity (Wildman–Crippen MR) is 119 cm³/mol. The van der Waals surface area contributed by atoms with Gasteiger partial charge in [0.05, 0.1) is 6.61 Å². The molecule has 0 saturated carbocycles. The van der Waals surface area contributed by atoms with Crippen LogP contribution in [0.1, 0.15) is 108 Å². The first-order valence-corrected chi connectivity index (χ1v) is 13.4. The molecule has 1 atom stereocenters. The van der Waals surface area contributed by atoms with Gasteiger partial charge in [-0.2, -0.15) is 0 Å². The molecule has 1 aromatic carbocycles. The Morgan fingerprint density at radius 1 is 0.852 bits per heavy atom. The van der Waals surface area contributed by atoms with Crippen molar-refractivity contribution in [2.75, 3.05) is 0 Å². The summed E-state index contributed by atoms with van der Waals surface area (Å²) >= 11 is 4.59. The van der Waals surface area contributed by atoms with Crippen molar-refractivity contribution in [2.24, 2.45) is 0 Å². The third-order valence-corrected chi connectivity index (χ3v) is 5.96. The largest absolute Gasteiger partial charge is 0.325 e. The maximum absolute atomic E-state index is 9.36. The average molecular weight is 415 g/mol. The van der Waals surface area contributed by atoms with Crippen LogP contribution in [0, 0.1) is 0 Å². The highest BCUT2D eigenvalue weighted by Crippen LogP contribution is 2.39. The summed E-state index contributed by atoms with van der Waals surface area (Å²) in [5.74, 6) is 0.509. The lowest BCUT2D eigenvalue weighted by Gasteiger charge is -2.21. The van der Waals surface area contributed by atoms with E-state index in [-0.39, 0.29) is 6.61 Å². The Bertz CT molecular complexity index is 544. The number of hydrogen-bond donors (Lipinski definition) is 2. The monoisotopic (exact) mass is 414 g/mol. The minimum Gasteiger partial charge on any atom is -0.325 e. The Kier molecular flexibility index (Phi) is 13.5. The summed E-state index contributed by atoms with van der Waals surface area (Å²) in [6.07, 6.45) is 15.6. The van der Waals surface area contributed by atoms with E-state index in [0.29, 0.717) is 5.92 Å². The second-order valence-corrected chi connectivity index (χ2v) is 10.2. The van der Waals surface area contributed by atoms with E-state index < -0.39 is 6.72 Å². The second kappa shape index (κ2) is 14.7. The molecule has 0 bridgehead atoms. The molecule has 156 valence electrons. The van der Waals surface area contributed by atoms with E-state index in [1.807, 2.05) is 12.1 Å². The first-order valence-electron chi connectivity index (χ1n) is 10.8. The molecule has 0 fully saturated rings. The van der Waals surface area contributed by atoms with Crippen LogP contribution in [-0.2, 0) is 22.9 Å². The topological polar surface area (TPSA) is 49.7 Å². The standard InChI is InChI=1S/C22H39O3PS/c1-3-5-6-7-8-9-10-11-12-16-20(15-4-2)22-18-14-13-17-21(22)19-25-26(23,24)27/h13-14,17-18,20H,3-12,15-16,19H2,1-2H3,(H2,23,24,27). The van der Waals surface area contributed by atoms with E-state index in [4.69, 9.17) is 4.52 Å². The van der Waals surface area contributed by atoms with Gasteiger partial charge in [-0.25, -0.2) is 0 Å². The zero-order valence-corrected chi connectivity index (χ0v) is 18.9. The predicted octanol–water partition coefficient (Wildman–Crippen LogP) is 7.22. The first-order chi connectivity index (χ1) is 13.0. The van der Waals surface area contributed by atoms with Crippen molar-refractivity contribution in [1.82, 2.24) is 0 Å². The van der Waals surface area contributed by atoms with Crippen molar-refractivity contribution >= 4 is 18.5 Å². The van der Waals surface area contributed by atoms with Gasteiger partial charge in [0.15, 0.2) is 0 Å². The molecule has 0 heterocycles. The van der Waals surface area contributed by atoms with Crippen LogP contribution >= 0.6 is 6.72 Å². The van der Waals surface area contributed by atoms with E-state index in [1.54, 1.807) is 0 Å². The van der Waals surface area contributed by atoms with Crippen LogP contribution < -0.4 is 0 Å². The molecule has 1 rings (SSSR count). The smallest absolute Gasteiger partial charge is 0.322 e. The summed E-state index contributed by atoms with van der Waals surface area (Å²) < 4.78 is 5.12. The molecule has 2 N–H and O–H groups in total. The van der Waals surface area contributed by atoms with Gasteiger partial charge in [0.2, 0.25) is 0 Å². The number of hydrogen-bond acceptors (Lipinski definition) is 2. The van der Waals surface area contributed by atoms with Crippen molar-refractivity contribution in [3.63, 3.8) is 0 Å². The zero-order chi connectivity index (χ0) is 20.0. The third kappa shape index (κ3) is 12.0. The Labute approximate surface area is 171 Å². The summed E-state index contributed by atoms with van der Waals surface area (Å²) in [6.45, 7) is 1.06. The van der Waals surface area contributed by atoms with Crippen molar-refractivity contribution < 1.29 is 14.3 Å². The molecular formula is C22H39O3PS. The second-order valence-electron chi connectivity index (χ2n) is 7.57. The van der Waals surface area contributed by atoms with Gasteiger partial charge in [-0.1, -0.05) is 102 Å². The van der Waals surface area contributed by atoms with E-state index >= 15 is 0 Å². The van der Waals surface area contributed by atoms with Crippen LogP contribution in [0.4, 0.5) is 0 Å². The van der Waals surface area contributed by atoms with Gasteiger partial charge in [0, 0.05) is 0 Å². The molecule has 5 heteroatoms. The quantitative estimate of drug-likeness (QED) is 0.221. The lowest BCUT2D eigenvalue weighted by atomic mass is 9.86. The Morgan fingerprint density at radius 2 is 1.44 bits per heavy atom. The molecule has 1 unspecified atom stereocenters. The van der Waals surface area contributed by atoms with Crippen LogP contribution in [0.2, 0.25) is 0 Å². The minimum absolute atomic E-state index is 0.179. The van der Waals surface area contributed by atoms with Crippen LogP contribution in [0.25, 0.3) is 0 Å². The molecule has 0 radical (unpaired) electrons. The van der Waals surface area contributed by atoms with Crippen molar-refractivity contribution in [2.45, 2.75) is 103 Å². The molecule has 0 saturated heterocycles. The van der Waals surface area contributed by atoms with E-state index in [2.05, 4.69) is 37.8 Å². The molecule has 0 aliphatic carbocycles. The highest BCUT2D eigenvalue weighted by Gasteiger charge is 2.16. The third-order valence-electron chi connectivity index (χ3n) is 5.18. The fraction of sp³-hybridized carbons (Fsp3) is 0.727. The molecular weight excluding hydrogens is 375 g/mol. The van der Waals surface area contributed by atoms with Crippen molar-refractivity contribution in [3.8, 4) is 0 Å². The van der Waals surface area contributed by atoms with Crippen LogP contribution in [0.15, 0.2) is 24.3 Å². The average Bonchev–Trinajstić information content (AvgIpc) is 2.64. The van der Waals surface area contributed by atoms with Gasteiger partial charge in [-0.05, 0) is 41.7 Å². The number of unbranched alkanes of at least 4 members (excludes halogenated alkanes) is 8. The molecule has 0 aliphatic rings. The molecule has 27 heavy (non-hydrogen) atoms. The summed E-state index contributed by atoms with van der Waals surface area (Å²) in [4.78, 5) is 18.7. The highest BCUT2D eigenvalue weighted by molar-refractivity contribution is 8.06. The maximum atomic E-state index is 9.36. The molecule has 0 aromatic heterocycles. The Hall–Kier alpha value is -0.250. The van der Waals surface area contributed by atoms with Gasteiger partial charge in [-0.15, -0.1) is 0 Å². The Balaban J connectivity index is 2.45. The normalized spacial score (nSPS) is 13.0. The minimum atomic E-state index is -3.61. The van der Waals surface area contributed by atoms with Gasteiger partial charge in [-0.3, -0.25) is 0 Å². The van der Waals surface area contributed by atoms with Gasteiger partial charge in [0.1, 0.15) is 0 Å². The fourth-order valence-corrected chi connectivity index (χ4v) is 4.19. The van der Waals surface area contributed by atoms with Crippen LogP contribution in [0.5, 0.6) is 0 Å². The highest BCUT2D eigenvalue weighted by atomic mass is 32.5.